The Morgan fingerprint density at radius 1 is 0.615 bits per heavy atom. The van der Waals surface area contributed by atoms with Crippen molar-refractivity contribution in [3.8, 4) is 0 Å². The summed E-state index contributed by atoms with van der Waals surface area (Å²) in [6.07, 6.45) is 23.6. The molecule has 1 saturated heterocycles. The molecule has 0 aromatic carbocycles. The van der Waals surface area contributed by atoms with Gasteiger partial charge < -0.3 is 14.9 Å². The molecule has 6 saturated carbocycles. The van der Waals surface area contributed by atoms with Crippen molar-refractivity contribution in [2.45, 2.75) is 139 Å². The van der Waals surface area contributed by atoms with Crippen LogP contribution in [0.3, 0.4) is 0 Å². The molecule has 0 spiro atoms. The van der Waals surface area contributed by atoms with E-state index in [4.69, 9.17) is 17.0 Å². The molecule has 0 N–H and O–H groups in total. The minimum atomic E-state index is -1.41. The number of rotatable bonds is 2. The van der Waals surface area contributed by atoms with Crippen LogP contribution in [0.1, 0.15) is 103 Å². The molecule has 5 heteroatoms. The van der Waals surface area contributed by atoms with Gasteiger partial charge in [0.1, 0.15) is 0 Å². The predicted molar refractivity (Wildman–Crippen MR) is 171 cm³/mol. The Morgan fingerprint density at radius 3 is 1.56 bits per heavy atom. The van der Waals surface area contributed by atoms with Crippen molar-refractivity contribution < 1.29 is 20.8 Å². The van der Waals surface area contributed by atoms with Crippen LogP contribution in [0.5, 0.6) is 0 Å². The van der Waals surface area contributed by atoms with Crippen molar-refractivity contribution in [2.24, 2.45) is 53.3 Å². The first-order chi connectivity index (χ1) is 17.9. The van der Waals surface area contributed by atoms with Crippen molar-refractivity contribution in [3.63, 3.8) is 0 Å². The Bertz CT molecular complexity index is 773. The van der Waals surface area contributed by atoms with E-state index in [1.165, 1.54) is 18.4 Å². The maximum atomic E-state index is 4.93. The normalized spacial score (nSPS) is 48.4. The molecule has 0 aromatic rings. The average Bonchev–Trinajstić information content (AvgIpc) is 3.51. The van der Waals surface area contributed by atoms with Crippen molar-refractivity contribution in [2.75, 3.05) is 7.05 Å². The third kappa shape index (κ3) is 5.66. The molecule has 12 unspecified atom stereocenters. The summed E-state index contributed by atoms with van der Waals surface area (Å²) in [5, 5.41) is 0. The second kappa shape index (κ2) is 13.7. The molecule has 1 aliphatic heterocycles. The van der Waals surface area contributed by atoms with Gasteiger partial charge in [-0.05, 0) is 110 Å². The number of hydrogen-bond donors (Lipinski definition) is 0. The van der Waals surface area contributed by atoms with Gasteiger partial charge in [-0.1, -0.05) is 77.8 Å². The minimum absolute atomic E-state index is 0. The fourth-order valence-corrected chi connectivity index (χ4v) is 19.8. The summed E-state index contributed by atoms with van der Waals surface area (Å²) < 4.78 is 0. The van der Waals surface area contributed by atoms with Crippen LogP contribution >= 0.6 is 17.0 Å². The Labute approximate surface area is 263 Å². The molecule has 12 atom stereocenters. The van der Waals surface area contributed by atoms with Gasteiger partial charge in [0.25, 0.3) is 0 Å². The molecule has 7 rings (SSSR count). The van der Waals surface area contributed by atoms with E-state index >= 15 is 0 Å². The second-order valence-corrected chi connectivity index (χ2v) is 24.4. The van der Waals surface area contributed by atoms with Crippen molar-refractivity contribution in [1.29, 1.82) is 0 Å². The zero-order valence-corrected chi connectivity index (χ0v) is 31.3. The van der Waals surface area contributed by atoms with Gasteiger partial charge in [0.05, 0.1) is 8.07 Å². The zero-order valence-electron chi connectivity index (χ0n) is 26.3. The van der Waals surface area contributed by atoms with Crippen molar-refractivity contribution in [3.05, 3.63) is 14.9 Å². The summed E-state index contributed by atoms with van der Waals surface area (Å²) in [5.41, 5.74) is 2.28. The predicted octanol–water partition coefficient (Wildman–Crippen LogP) is 10.9. The molecule has 7 aliphatic rings. The molecule has 0 bridgehead atoms. The molecule has 7 fully saturated rings. The van der Waals surface area contributed by atoms with Crippen LogP contribution in [0, 0.1) is 68.1 Å². The molecule has 6 aliphatic carbocycles. The van der Waals surface area contributed by atoms with Gasteiger partial charge in [-0.15, -0.1) is 0 Å². The fourth-order valence-electron chi connectivity index (χ4n) is 13.5. The Balaban J connectivity index is 0.000000677. The first-order valence-corrected chi connectivity index (χ1v) is 26.1. The van der Waals surface area contributed by atoms with E-state index in [0.717, 1.165) is 70.9 Å². The Hall–Kier alpha value is 1.64. The fraction of sp³-hybridized carbons (Fsp3) is 0.941. The van der Waals surface area contributed by atoms with Crippen LogP contribution < -0.4 is 0 Å². The zero-order chi connectivity index (χ0) is 25.9. The van der Waals surface area contributed by atoms with Crippen LogP contribution in [0.25, 0.3) is 0 Å². The first-order valence-electron chi connectivity index (χ1n) is 16.6. The van der Waals surface area contributed by atoms with Gasteiger partial charge in [-0.2, -0.15) is 0 Å². The van der Waals surface area contributed by atoms with Crippen LogP contribution in [-0.2, 0) is 20.8 Å². The second-order valence-electron chi connectivity index (χ2n) is 15.7. The number of likely N-dealkylation sites (tertiary alicyclic amines) is 1. The number of halogens is 2. The molecule has 39 heavy (non-hydrogen) atoms. The maximum absolute atomic E-state index is 4.93. The quantitative estimate of drug-likeness (QED) is 0.208. The van der Waals surface area contributed by atoms with Crippen LogP contribution in [0.2, 0.25) is 24.2 Å². The van der Waals surface area contributed by atoms with Gasteiger partial charge in [0.15, 0.2) is 0 Å². The average molecular weight is 674 g/mol. The van der Waals surface area contributed by atoms with E-state index in [1.54, 1.807) is 83.5 Å². The van der Waals surface area contributed by atoms with E-state index in [0.29, 0.717) is 0 Å². The summed E-state index contributed by atoms with van der Waals surface area (Å²) in [6.45, 7) is 8.58. The summed E-state index contributed by atoms with van der Waals surface area (Å²) in [7, 11) is 11.1. The molecule has 1 heterocycles. The van der Waals surface area contributed by atoms with Crippen LogP contribution in [0.4, 0.5) is 0 Å². The summed E-state index contributed by atoms with van der Waals surface area (Å²) in [6, 6.07) is 1.91. The standard InChI is InChI=1S/C32H55NSi.2CH3.2ClH.Zr/c1-20-17-18-28-27(19-20)29-23-13-7-10-16-26(23)32(30(29)33(28)2)34(3,4)31-24-14-8-5-11-21(24)22-12-6-9-15-25(22)31;;;;;/h20-32H,5-19H2,1-4H3;2*1H3;2*1H;/q;2*-1;;;+4/p-2. The van der Waals surface area contributed by atoms with Crippen molar-refractivity contribution in [1.82, 2.24) is 4.90 Å². The molecular formula is C34H61Cl2NSiZr. The molecule has 0 radical (unpaired) electrons. The first kappa shape index (κ1) is 33.5. The van der Waals surface area contributed by atoms with Gasteiger partial charge in [0, 0.05) is 12.1 Å². The number of hydrogen-bond acceptors (Lipinski definition) is 1. The van der Waals surface area contributed by atoms with Gasteiger partial charge in [0.2, 0.25) is 0 Å². The third-order valence-corrected chi connectivity index (χ3v) is 19.2. The Morgan fingerprint density at radius 2 is 1.05 bits per heavy atom. The van der Waals surface area contributed by atoms with E-state index in [2.05, 4.69) is 32.0 Å². The topological polar surface area (TPSA) is 3.24 Å². The third-order valence-electron chi connectivity index (χ3n) is 14.1. The summed E-state index contributed by atoms with van der Waals surface area (Å²) in [5.74, 6) is 9.87. The molecule has 0 aromatic heterocycles. The summed E-state index contributed by atoms with van der Waals surface area (Å²) in [4.78, 5) is 3.09. The summed E-state index contributed by atoms with van der Waals surface area (Å²) >= 11 is -0.826. The molecule has 1 nitrogen and oxygen atoms in total. The Kier molecular flexibility index (Phi) is 11.8. The van der Waals surface area contributed by atoms with Gasteiger partial charge in [-0.25, -0.2) is 0 Å². The van der Waals surface area contributed by atoms with Crippen LogP contribution in [0.15, 0.2) is 0 Å². The number of nitrogens with zero attached hydrogens (tertiary/aromatic N) is 1. The van der Waals surface area contributed by atoms with E-state index in [9.17, 15) is 0 Å². The molecular weight excluding hydrogens is 613 g/mol. The van der Waals surface area contributed by atoms with Gasteiger partial charge >= 0.3 is 37.9 Å². The molecule has 0 amide bonds. The monoisotopic (exact) mass is 671 g/mol. The van der Waals surface area contributed by atoms with Gasteiger partial charge in [-0.3, -0.25) is 4.90 Å². The van der Waals surface area contributed by atoms with E-state index in [-0.39, 0.29) is 14.9 Å². The van der Waals surface area contributed by atoms with E-state index < -0.39 is 28.9 Å². The van der Waals surface area contributed by atoms with E-state index in [1.807, 2.05) is 0 Å². The number of fused-ring (bicyclic) bond motifs is 8. The SMILES string of the molecule is CC1CCC2C(C1)C1C3CCCCC3C([Si](C)(C)C3C4CCCCC4C4CCCCC43)C1N2C.[CH3-].[CH3-].[Cl][Zr+2][Cl]. The van der Waals surface area contributed by atoms with Crippen molar-refractivity contribution >= 4 is 25.1 Å². The molecule has 224 valence electrons. The van der Waals surface area contributed by atoms with Crippen LogP contribution in [-0.4, -0.2) is 32.1 Å².